The Kier molecular flexibility index (Phi) is 4.74. The molecule has 1 aromatic carbocycles. The number of carbonyl (C=O) groups excluding carboxylic acids is 1. The smallest absolute Gasteiger partial charge is 0.273 e. The Morgan fingerprint density at radius 1 is 1.43 bits per heavy atom. The van der Waals surface area contributed by atoms with E-state index in [1.165, 1.54) is 18.2 Å². The maximum absolute atomic E-state index is 11.7. The van der Waals surface area contributed by atoms with Crippen molar-refractivity contribution in [1.29, 1.82) is 0 Å². The highest BCUT2D eigenvalue weighted by atomic mass is 16.6. The molecule has 1 fully saturated rings. The molecule has 21 heavy (non-hydrogen) atoms. The van der Waals surface area contributed by atoms with Gasteiger partial charge in [-0.05, 0) is 18.9 Å². The van der Waals surface area contributed by atoms with Gasteiger partial charge in [0.1, 0.15) is 5.75 Å². The van der Waals surface area contributed by atoms with Crippen LogP contribution in [-0.2, 0) is 4.79 Å². The number of rotatable bonds is 6. The van der Waals surface area contributed by atoms with Gasteiger partial charge in [0, 0.05) is 12.6 Å². The Hall–Kier alpha value is -2.15. The maximum Gasteiger partial charge on any atom is 0.273 e. The van der Waals surface area contributed by atoms with Crippen molar-refractivity contribution in [3.63, 3.8) is 0 Å². The quantitative estimate of drug-likeness (QED) is 0.610. The van der Waals surface area contributed by atoms with Crippen LogP contribution in [-0.4, -0.2) is 34.7 Å². The van der Waals surface area contributed by atoms with Gasteiger partial charge >= 0.3 is 0 Å². The Balaban J connectivity index is 1.78. The van der Waals surface area contributed by atoms with Crippen LogP contribution in [0.15, 0.2) is 24.3 Å². The molecular weight excluding hydrogens is 276 g/mol. The molecule has 1 saturated carbocycles. The molecule has 0 heterocycles. The van der Waals surface area contributed by atoms with Gasteiger partial charge in [0.2, 0.25) is 0 Å². The molecule has 0 saturated heterocycles. The Morgan fingerprint density at radius 2 is 2.14 bits per heavy atom. The predicted molar refractivity (Wildman–Crippen MR) is 75.0 cm³/mol. The van der Waals surface area contributed by atoms with Crippen molar-refractivity contribution >= 4 is 11.6 Å². The number of nitro groups is 1. The van der Waals surface area contributed by atoms with Gasteiger partial charge in [-0.25, -0.2) is 0 Å². The number of nitrogens with one attached hydrogen (secondary N) is 1. The molecule has 114 valence electrons. The van der Waals surface area contributed by atoms with E-state index >= 15 is 0 Å². The minimum absolute atomic E-state index is 0.0897. The van der Waals surface area contributed by atoms with Crippen LogP contribution in [0, 0.1) is 10.1 Å². The zero-order valence-corrected chi connectivity index (χ0v) is 11.6. The number of non-ortho nitro benzene ring substituents is 1. The van der Waals surface area contributed by atoms with Crippen molar-refractivity contribution in [2.24, 2.45) is 0 Å². The lowest BCUT2D eigenvalue weighted by Gasteiger charge is -2.22. The zero-order chi connectivity index (χ0) is 15.3. The number of nitrogens with zero attached hydrogens (tertiary/aromatic N) is 1. The largest absolute Gasteiger partial charge is 0.484 e. The number of ether oxygens (including phenoxy) is 1. The third kappa shape index (κ3) is 4.42. The van der Waals surface area contributed by atoms with Gasteiger partial charge in [0.05, 0.1) is 16.6 Å². The van der Waals surface area contributed by atoms with Gasteiger partial charge in [-0.3, -0.25) is 14.9 Å². The van der Waals surface area contributed by atoms with Crippen molar-refractivity contribution in [3.05, 3.63) is 34.4 Å². The highest BCUT2D eigenvalue weighted by Crippen LogP contribution is 2.28. The molecule has 0 radical (unpaired) electrons. The van der Waals surface area contributed by atoms with Crippen LogP contribution in [0.3, 0.4) is 0 Å². The van der Waals surface area contributed by atoms with Crippen molar-refractivity contribution in [2.75, 3.05) is 13.2 Å². The first-order chi connectivity index (χ1) is 9.98. The van der Waals surface area contributed by atoms with Crippen molar-refractivity contribution < 1.29 is 19.6 Å². The monoisotopic (exact) mass is 294 g/mol. The van der Waals surface area contributed by atoms with E-state index < -0.39 is 10.5 Å². The highest BCUT2D eigenvalue weighted by molar-refractivity contribution is 5.77. The minimum atomic E-state index is -0.804. The lowest BCUT2D eigenvalue weighted by Crippen LogP contribution is -2.42. The molecule has 7 heteroatoms. The number of hydrogen-bond donors (Lipinski definition) is 2. The number of benzene rings is 1. The first-order valence-corrected chi connectivity index (χ1v) is 6.85. The SMILES string of the molecule is O=C(COc1cccc([N+](=O)[O-])c1)NCC1(O)CCCC1. The van der Waals surface area contributed by atoms with Crippen LogP contribution in [0.2, 0.25) is 0 Å². The van der Waals surface area contributed by atoms with Gasteiger partial charge in [0.15, 0.2) is 6.61 Å². The molecule has 0 bridgehead atoms. The topological polar surface area (TPSA) is 102 Å². The van der Waals surface area contributed by atoms with E-state index in [9.17, 15) is 20.0 Å². The molecule has 1 amide bonds. The Morgan fingerprint density at radius 3 is 2.81 bits per heavy atom. The van der Waals surface area contributed by atoms with E-state index in [1.807, 2.05) is 0 Å². The van der Waals surface area contributed by atoms with Gasteiger partial charge in [0.25, 0.3) is 11.6 Å². The molecule has 2 N–H and O–H groups in total. The average Bonchev–Trinajstić information content (AvgIpc) is 2.90. The summed E-state index contributed by atoms with van der Waals surface area (Å²) in [5.41, 5.74) is -0.894. The van der Waals surface area contributed by atoms with E-state index in [4.69, 9.17) is 4.74 Å². The summed E-state index contributed by atoms with van der Waals surface area (Å²) in [6, 6.07) is 5.65. The minimum Gasteiger partial charge on any atom is -0.484 e. The normalized spacial score (nSPS) is 16.4. The number of hydrogen-bond acceptors (Lipinski definition) is 5. The molecule has 1 aliphatic rings. The second-order valence-corrected chi connectivity index (χ2v) is 5.25. The van der Waals surface area contributed by atoms with Crippen LogP contribution >= 0.6 is 0 Å². The van der Waals surface area contributed by atoms with Crippen LogP contribution in [0.1, 0.15) is 25.7 Å². The predicted octanol–water partition coefficient (Wildman–Crippen LogP) is 1.39. The summed E-state index contributed by atoms with van der Waals surface area (Å²) in [4.78, 5) is 21.7. The number of nitro benzene ring substituents is 1. The molecule has 1 aromatic rings. The fraction of sp³-hybridized carbons (Fsp3) is 0.500. The first kappa shape index (κ1) is 15.2. The first-order valence-electron chi connectivity index (χ1n) is 6.85. The molecule has 1 aliphatic carbocycles. The van der Waals surface area contributed by atoms with Crippen molar-refractivity contribution in [1.82, 2.24) is 5.32 Å². The van der Waals surface area contributed by atoms with Gasteiger partial charge in [-0.15, -0.1) is 0 Å². The fourth-order valence-electron chi connectivity index (χ4n) is 2.36. The van der Waals surface area contributed by atoms with Crippen molar-refractivity contribution in [2.45, 2.75) is 31.3 Å². The second kappa shape index (κ2) is 6.53. The molecule has 0 atom stereocenters. The van der Waals surface area contributed by atoms with Gasteiger partial charge < -0.3 is 15.2 Å². The van der Waals surface area contributed by atoms with Gasteiger partial charge in [-0.1, -0.05) is 18.9 Å². The summed E-state index contributed by atoms with van der Waals surface area (Å²) < 4.78 is 5.21. The summed E-state index contributed by atoms with van der Waals surface area (Å²) >= 11 is 0. The van der Waals surface area contributed by atoms with E-state index in [0.717, 1.165) is 12.8 Å². The van der Waals surface area contributed by atoms with Gasteiger partial charge in [-0.2, -0.15) is 0 Å². The number of carbonyl (C=O) groups is 1. The fourth-order valence-corrected chi connectivity index (χ4v) is 2.36. The standard InChI is InChI=1S/C14H18N2O5/c17-13(15-10-14(18)6-1-2-7-14)9-21-12-5-3-4-11(8-12)16(19)20/h3-5,8,18H,1-2,6-7,9-10H2,(H,15,17). The Bertz CT molecular complexity index is 526. The average molecular weight is 294 g/mol. The summed E-state index contributed by atoms with van der Waals surface area (Å²) in [7, 11) is 0. The molecule has 0 unspecified atom stereocenters. The number of amides is 1. The molecular formula is C14H18N2O5. The third-order valence-electron chi connectivity index (χ3n) is 3.55. The number of aliphatic hydroxyl groups is 1. The van der Waals surface area contributed by atoms with E-state index in [-0.39, 0.29) is 30.5 Å². The summed E-state index contributed by atoms with van der Waals surface area (Å²) in [6.45, 7) is -0.0264. The van der Waals surface area contributed by atoms with E-state index in [1.54, 1.807) is 6.07 Å². The van der Waals surface area contributed by atoms with Crippen LogP contribution < -0.4 is 10.1 Å². The third-order valence-corrected chi connectivity index (χ3v) is 3.55. The Labute approximate surface area is 122 Å². The molecule has 2 rings (SSSR count). The van der Waals surface area contributed by atoms with E-state index in [0.29, 0.717) is 12.8 Å². The highest BCUT2D eigenvalue weighted by Gasteiger charge is 2.31. The summed E-state index contributed by atoms with van der Waals surface area (Å²) in [5, 5.41) is 23.3. The molecule has 0 aliphatic heterocycles. The second-order valence-electron chi connectivity index (χ2n) is 5.25. The van der Waals surface area contributed by atoms with E-state index in [2.05, 4.69) is 5.32 Å². The lowest BCUT2D eigenvalue weighted by molar-refractivity contribution is -0.384. The maximum atomic E-state index is 11.7. The van der Waals surface area contributed by atoms with Crippen molar-refractivity contribution in [3.8, 4) is 5.75 Å². The molecule has 7 nitrogen and oxygen atoms in total. The van der Waals surface area contributed by atoms with Crippen LogP contribution in [0.5, 0.6) is 5.75 Å². The zero-order valence-electron chi connectivity index (χ0n) is 11.6. The summed E-state index contributed by atoms with van der Waals surface area (Å²) in [6.07, 6.45) is 3.32. The van der Waals surface area contributed by atoms with Crippen LogP contribution in [0.4, 0.5) is 5.69 Å². The molecule has 0 spiro atoms. The van der Waals surface area contributed by atoms with Crippen LogP contribution in [0.25, 0.3) is 0 Å². The summed E-state index contributed by atoms with van der Waals surface area (Å²) in [5.74, 6) is -0.0965. The lowest BCUT2D eigenvalue weighted by atomic mass is 10.0. The molecule has 0 aromatic heterocycles.